The zero-order valence-corrected chi connectivity index (χ0v) is 18.3. The molecule has 0 spiro atoms. The molecule has 0 aliphatic heterocycles. The number of hydrogen-bond acceptors (Lipinski definition) is 6. The molecule has 0 radical (unpaired) electrons. The second kappa shape index (κ2) is 8.70. The fourth-order valence-electron chi connectivity index (χ4n) is 3.17. The van der Waals surface area contributed by atoms with E-state index in [0.717, 1.165) is 23.5 Å². The van der Waals surface area contributed by atoms with Crippen LogP contribution in [0.3, 0.4) is 0 Å². The van der Waals surface area contributed by atoms with E-state index >= 15 is 0 Å². The van der Waals surface area contributed by atoms with Gasteiger partial charge in [-0.05, 0) is 31.2 Å². The van der Waals surface area contributed by atoms with Crippen LogP contribution in [0.25, 0.3) is 11.3 Å². The number of aromatic nitrogens is 5. The first-order chi connectivity index (χ1) is 15.6. The number of benzene rings is 1. The maximum atomic E-state index is 13.5. The van der Waals surface area contributed by atoms with E-state index in [2.05, 4.69) is 15.2 Å². The monoisotopic (exact) mass is 477 g/mol. The van der Waals surface area contributed by atoms with Crippen molar-refractivity contribution in [1.29, 1.82) is 0 Å². The third kappa shape index (κ3) is 5.22. The molecule has 0 bridgehead atoms. The van der Waals surface area contributed by atoms with Gasteiger partial charge in [-0.1, -0.05) is 0 Å². The number of ether oxygens (including phenoxy) is 1. The number of aryl methyl sites for hydroxylation is 2. The molecule has 1 N–H and O–H groups in total. The van der Waals surface area contributed by atoms with Gasteiger partial charge >= 0.3 is 12.1 Å². The maximum absolute atomic E-state index is 13.5. The van der Waals surface area contributed by atoms with Crippen molar-refractivity contribution in [3.8, 4) is 17.0 Å². The molecule has 4 aromatic rings. The van der Waals surface area contributed by atoms with Crippen LogP contribution in [-0.4, -0.2) is 35.6 Å². The lowest BCUT2D eigenvalue weighted by atomic mass is 10.1. The first-order valence-corrected chi connectivity index (χ1v) is 10.5. The fraction of sp³-hybridized carbons (Fsp3) is 0.238. The summed E-state index contributed by atoms with van der Waals surface area (Å²) >= 11 is 1.24. The molecule has 8 nitrogen and oxygen atoms in total. The molecule has 12 heteroatoms. The highest BCUT2D eigenvalue weighted by molar-refractivity contribution is 7.09. The second-order valence-corrected chi connectivity index (χ2v) is 8.23. The molecule has 3 aromatic heterocycles. The maximum Gasteiger partial charge on any atom is 0.416 e. The second-order valence-electron chi connectivity index (χ2n) is 7.29. The Morgan fingerprint density at radius 3 is 2.67 bits per heavy atom. The average Bonchev–Trinajstić information content (AvgIpc) is 3.46. The normalized spacial score (nSPS) is 11.7. The van der Waals surface area contributed by atoms with Crippen molar-refractivity contribution < 1.29 is 27.8 Å². The minimum atomic E-state index is -4.56. The molecule has 172 valence electrons. The quantitative estimate of drug-likeness (QED) is 0.424. The fourth-order valence-corrected chi connectivity index (χ4v) is 3.96. The number of aromatic carboxylic acids is 1. The molecule has 1 aromatic carbocycles. The van der Waals surface area contributed by atoms with Gasteiger partial charge in [0.05, 0.1) is 41.0 Å². The van der Waals surface area contributed by atoms with Crippen LogP contribution in [0.4, 0.5) is 13.2 Å². The Kier molecular flexibility index (Phi) is 5.93. The zero-order valence-electron chi connectivity index (χ0n) is 17.5. The largest absolute Gasteiger partial charge is 0.487 e. The van der Waals surface area contributed by atoms with E-state index < -0.39 is 17.7 Å². The van der Waals surface area contributed by atoms with Gasteiger partial charge in [-0.25, -0.2) is 9.78 Å². The van der Waals surface area contributed by atoms with Crippen LogP contribution in [-0.2, 0) is 26.4 Å². The molecule has 0 unspecified atom stereocenters. The molecule has 0 fully saturated rings. The number of thiazole rings is 1. The minimum Gasteiger partial charge on any atom is -0.487 e. The predicted octanol–water partition coefficient (Wildman–Crippen LogP) is 4.39. The number of carboxylic acids is 1. The van der Waals surface area contributed by atoms with Gasteiger partial charge in [0, 0.05) is 24.2 Å². The molecular weight excluding hydrogens is 459 g/mol. The van der Waals surface area contributed by atoms with Crippen LogP contribution in [0.1, 0.15) is 32.3 Å². The van der Waals surface area contributed by atoms with Crippen LogP contribution in [0, 0.1) is 6.92 Å². The van der Waals surface area contributed by atoms with E-state index in [1.807, 2.05) is 6.92 Å². The molecule has 0 amide bonds. The number of halogens is 3. The molecule has 4 rings (SSSR count). The van der Waals surface area contributed by atoms with E-state index in [1.165, 1.54) is 34.5 Å². The Morgan fingerprint density at radius 1 is 1.24 bits per heavy atom. The summed E-state index contributed by atoms with van der Waals surface area (Å²) in [5.41, 5.74) is 1.31. The highest BCUT2D eigenvalue weighted by Gasteiger charge is 2.32. The Hall–Kier alpha value is -3.67. The van der Waals surface area contributed by atoms with Gasteiger partial charge in [0.1, 0.15) is 17.4 Å². The number of nitrogens with zero attached hydrogens (tertiary/aromatic N) is 5. The van der Waals surface area contributed by atoms with Crippen molar-refractivity contribution in [3.63, 3.8) is 0 Å². The predicted molar refractivity (Wildman–Crippen MR) is 113 cm³/mol. The van der Waals surface area contributed by atoms with Crippen LogP contribution in [0.5, 0.6) is 5.75 Å². The summed E-state index contributed by atoms with van der Waals surface area (Å²) in [5.74, 6) is -1.04. The van der Waals surface area contributed by atoms with Crippen LogP contribution in [0.15, 0.2) is 42.0 Å². The van der Waals surface area contributed by atoms with Crippen LogP contribution < -0.4 is 4.74 Å². The standard InChI is InChI=1S/C21H18F3N5O3S/c1-12-3-16(28(2)27-12)10-32-17-5-13(4-15(6-17)21(22,23)24)18-11-33-19(26-18)9-29-8-14(7-25-29)20(30)31/h3-8,11H,9-10H2,1-2H3,(H,30,31). The summed E-state index contributed by atoms with van der Waals surface area (Å²) in [5, 5.41) is 19.4. The van der Waals surface area contributed by atoms with Crippen molar-refractivity contribution in [1.82, 2.24) is 24.5 Å². The first kappa shape index (κ1) is 22.5. The highest BCUT2D eigenvalue weighted by atomic mass is 32.1. The lowest BCUT2D eigenvalue weighted by Gasteiger charge is -2.13. The van der Waals surface area contributed by atoms with Gasteiger partial charge in [0.15, 0.2) is 0 Å². The van der Waals surface area contributed by atoms with Crippen molar-refractivity contribution in [2.45, 2.75) is 26.3 Å². The van der Waals surface area contributed by atoms with E-state index in [9.17, 15) is 18.0 Å². The smallest absolute Gasteiger partial charge is 0.416 e. The number of rotatable bonds is 7. The molecule has 0 atom stereocenters. The van der Waals surface area contributed by atoms with Gasteiger partial charge in [0.2, 0.25) is 0 Å². The summed E-state index contributed by atoms with van der Waals surface area (Å²) in [6.07, 6.45) is -1.98. The third-order valence-corrected chi connectivity index (χ3v) is 5.58. The topological polar surface area (TPSA) is 95.1 Å². The summed E-state index contributed by atoms with van der Waals surface area (Å²) in [4.78, 5) is 15.4. The number of carboxylic acid groups (broad SMARTS) is 1. The summed E-state index contributed by atoms with van der Waals surface area (Å²) in [6.45, 7) is 2.07. The van der Waals surface area contributed by atoms with E-state index in [0.29, 0.717) is 10.7 Å². The SMILES string of the molecule is Cc1cc(COc2cc(-c3csc(Cn4cc(C(=O)O)cn4)n3)cc(C(F)(F)F)c2)n(C)n1. The van der Waals surface area contributed by atoms with Gasteiger partial charge in [-0.2, -0.15) is 23.4 Å². The molecule has 0 aliphatic rings. The Bertz CT molecular complexity index is 1310. The van der Waals surface area contributed by atoms with Crippen LogP contribution >= 0.6 is 11.3 Å². The molecule has 0 saturated heterocycles. The Balaban J connectivity index is 1.59. The third-order valence-electron chi connectivity index (χ3n) is 4.74. The summed E-state index contributed by atoms with van der Waals surface area (Å²) in [7, 11) is 1.74. The molecule has 33 heavy (non-hydrogen) atoms. The Morgan fingerprint density at radius 2 is 2.03 bits per heavy atom. The van der Waals surface area contributed by atoms with E-state index in [-0.39, 0.29) is 30.0 Å². The Labute approximate surface area is 189 Å². The van der Waals surface area contributed by atoms with Crippen molar-refractivity contribution in [2.24, 2.45) is 7.05 Å². The summed E-state index contributed by atoms with van der Waals surface area (Å²) in [6, 6.07) is 5.29. The highest BCUT2D eigenvalue weighted by Crippen LogP contribution is 2.36. The lowest BCUT2D eigenvalue weighted by Crippen LogP contribution is -2.07. The minimum absolute atomic E-state index is 0.0371. The molecule has 3 heterocycles. The van der Waals surface area contributed by atoms with Crippen molar-refractivity contribution >= 4 is 17.3 Å². The zero-order chi connectivity index (χ0) is 23.8. The van der Waals surface area contributed by atoms with Gasteiger partial charge in [0.25, 0.3) is 0 Å². The van der Waals surface area contributed by atoms with Crippen LogP contribution in [0.2, 0.25) is 0 Å². The van der Waals surface area contributed by atoms with Crippen molar-refractivity contribution in [3.05, 3.63) is 69.6 Å². The van der Waals surface area contributed by atoms with E-state index in [4.69, 9.17) is 9.84 Å². The van der Waals surface area contributed by atoms with E-state index in [1.54, 1.807) is 23.2 Å². The summed E-state index contributed by atoms with van der Waals surface area (Å²) < 4.78 is 49.2. The van der Waals surface area contributed by atoms with Crippen molar-refractivity contribution in [2.75, 3.05) is 0 Å². The average molecular weight is 477 g/mol. The van der Waals surface area contributed by atoms with Gasteiger partial charge in [-0.3, -0.25) is 9.36 Å². The molecular formula is C21H18F3N5O3S. The first-order valence-electron chi connectivity index (χ1n) is 9.63. The molecule has 0 aliphatic carbocycles. The van der Waals surface area contributed by atoms with Gasteiger partial charge in [-0.15, -0.1) is 11.3 Å². The number of alkyl halides is 3. The number of carbonyl (C=O) groups is 1. The van der Waals surface area contributed by atoms with Gasteiger partial charge < -0.3 is 9.84 Å². The lowest BCUT2D eigenvalue weighted by molar-refractivity contribution is -0.137. The molecule has 0 saturated carbocycles. The number of hydrogen-bond donors (Lipinski definition) is 1.